The van der Waals surface area contributed by atoms with E-state index in [1.165, 1.54) is 10.8 Å². The minimum absolute atomic E-state index is 0.152. The number of nitrogens with one attached hydrogen (secondary N) is 1. The van der Waals surface area contributed by atoms with E-state index in [0.29, 0.717) is 18.7 Å². The highest BCUT2D eigenvalue weighted by Crippen LogP contribution is 2.28. The fraction of sp³-hybridized carbons (Fsp3) is 0.130. The van der Waals surface area contributed by atoms with Crippen molar-refractivity contribution in [3.63, 3.8) is 0 Å². The number of amides is 1. The molecule has 1 amide bonds. The van der Waals surface area contributed by atoms with Gasteiger partial charge in [0.25, 0.3) is 0 Å². The molecule has 0 bridgehead atoms. The van der Waals surface area contributed by atoms with E-state index < -0.39 is 0 Å². The molecule has 4 rings (SSSR count). The molecule has 1 aromatic heterocycles. The van der Waals surface area contributed by atoms with Crippen LogP contribution in [-0.4, -0.2) is 21.3 Å². The Morgan fingerprint density at radius 2 is 1.61 bits per heavy atom. The maximum Gasteiger partial charge on any atom is 0.241 e. The fourth-order valence-corrected chi connectivity index (χ4v) is 3.46. The second kappa shape index (κ2) is 7.56. The molecule has 5 nitrogen and oxygen atoms in total. The minimum Gasteiger partial charge on any atom is -0.508 e. The third-order valence-corrected chi connectivity index (χ3v) is 4.85. The van der Waals surface area contributed by atoms with Gasteiger partial charge in [0.1, 0.15) is 5.75 Å². The highest BCUT2D eigenvalue weighted by Gasteiger charge is 2.11. The average Bonchev–Trinajstić information content (AvgIpc) is 3.04. The van der Waals surface area contributed by atoms with Gasteiger partial charge in [0.05, 0.1) is 5.71 Å². The van der Waals surface area contributed by atoms with Crippen molar-refractivity contribution in [3.8, 4) is 5.75 Å². The molecule has 28 heavy (non-hydrogen) atoms. The average molecular weight is 371 g/mol. The summed E-state index contributed by atoms with van der Waals surface area (Å²) in [4.78, 5) is 12.3. The van der Waals surface area contributed by atoms with Crippen molar-refractivity contribution in [1.29, 1.82) is 0 Å². The van der Waals surface area contributed by atoms with Crippen LogP contribution in [0.25, 0.3) is 21.8 Å². The summed E-state index contributed by atoms with van der Waals surface area (Å²) in [6, 6.07) is 23.3. The van der Waals surface area contributed by atoms with Gasteiger partial charge < -0.3 is 9.67 Å². The Balaban J connectivity index is 1.50. The number of phenolic OH excluding ortho intramolecular Hbond substituents is 1. The second-order valence-electron chi connectivity index (χ2n) is 6.72. The number of nitrogens with zero attached hydrogens (tertiary/aromatic N) is 2. The number of aromatic hydroxyl groups is 1. The number of hydrazone groups is 1. The molecule has 0 aliphatic carbocycles. The van der Waals surface area contributed by atoms with Crippen molar-refractivity contribution in [1.82, 2.24) is 9.99 Å². The number of hydrogen-bond donors (Lipinski definition) is 2. The number of para-hydroxylation sites is 2. The molecule has 2 N–H and O–H groups in total. The lowest BCUT2D eigenvalue weighted by Gasteiger charge is -2.07. The molecule has 4 aromatic rings. The highest BCUT2D eigenvalue weighted by molar-refractivity contribution is 6.08. The number of aromatic nitrogens is 1. The third kappa shape index (κ3) is 3.47. The number of carbonyl (C=O) groups excluding carboxylic acids is 1. The van der Waals surface area contributed by atoms with Crippen molar-refractivity contribution in [3.05, 3.63) is 78.4 Å². The SMILES string of the molecule is C/C(=N\NC(=O)CCn1c2ccccc2c2ccccc21)c1cccc(O)c1. The fourth-order valence-electron chi connectivity index (χ4n) is 3.46. The maximum atomic E-state index is 12.3. The molecule has 5 heteroatoms. The van der Waals surface area contributed by atoms with Crippen LogP contribution in [0.4, 0.5) is 0 Å². The topological polar surface area (TPSA) is 66.6 Å². The van der Waals surface area contributed by atoms with E-state index in [2.05, 4.69) is 39.4 Å². The minimum atomic E-state index is -0.152. The molecule has 0 aliphatic heterocycles. The van der Waals surface area contributed by atoms with Crippen LogP contribution >= 0.6 is 0 Å². The lowest BCUT2D eigenvalue weighted by molar-refractivity contribution is -0.121. The summed E-state index contributed by atoms with van der Waals surface area (Å²) in [5, 5.41) is 16.1. The molecular formula is C23H21N3O2. The molecule has 0 fully saturated rings. The number of carbonyl (C=O) groups is 1. The molecule has 0 saturated carbocycles. The van der Waals surface area contributed by atoms with Gasteiger partial charge in [-0.05, 0) is 31.2 Å². The normalized spacial score (nSPS) is 11.8. The second-order valence-corrected chi connectivity index (χ2v) is 6.72. The van der Waals surface area contributed by atoms with Gasteiger partial charge in [-0.15, -0.1) is 0 Å². The van der Waals surface area contributed by atoms with Crippen LogP contribution in [-0.2, 0) is 11.3 Å². The first-order valence-corrected chi connectivity index (χ1v) is 9.22. The lowest BCUT2D eigenvalue weighted by atomic mass is 10.1. The molecular weight excluding hydrogens is 350 g/mol. The Morgan fingerprint density at radius 1 is 0.964 bits per heavy atom. The molecule has 3 aromatic carbocycles. The Bertz CT molecular complexity index is 1140. The molecule has 0 unspecified atom stereocenters. The first kappa shape index (κ1) is 17.8. The van der Waals surface area contributed by atoms with Gasteiger partial charge in [-0.2, -0.15) is 5.10 Å². The van der Waals surface area contributed by atoms with Crippen LogP contribution in [0.5, 0.6) is 5.75 Å². The summed E-state index contributed by atoms with van der Waals surface area (Å²) in [6.07, 6.45) is 0.319. The van der Waals surface area contributed by atoms with Gasteiger partial charge in [-0.25, -0.2) is 5.43 Å². The molecule has 0 atom stereocenters. The van der Waals surface area contributed by atoms with E-state index in [1.807, 2.05) is 30.3 Å². The quantitative estimate of drug-likeness (QED) is 0.403. The maximum absolute atomic E-state index is 12.3. The van der Waals surface area contributed by atoms with Crippen LogP contribution in [0.15, 0.2) is 77.9 Å². The summed E-state index contributed by atoms with van der Waals surface area (Å²) >= 11 is 0. The smallest absolute Gasteiger partial charge is 0.241 e. The Kier molecular flexibility index (Phi) is 4.81. The number of hydrogen-bond acceptors (Lipinski definition) is 3. The van der Waals surface area contributed by atoms with Crippen LogP contribution in [0.3, 0.4) is 0 Å². The first-order valence-electron chi connectivity index (χ1n) is 9.22. The molecule has 0 saturated heterocycles. The van der Waals surface area contributed by atoms with Crippen molar-refractivity contribution in [2.45, 2.75) is 19.9 Å². The Hall–Kier alpha value is -3.60. The Morgan fingerprint density at radius 3 is 2.25 bits per heavy atom. The van der Waals surface area contributed by atoms with Crippen molar-refractivity contribution < 1.29 is 9.90 Å². The largest absolute Gasteiger partial charge is 0.508 e. The van der Waals surface area contributed by atoms with Crippen LogP contribution in [0.2, 0.25) is 0 Å². The van der Waals surface area contributed by atoms with Gasteiger partial charge in [-0.1, -0.05) is 48.5 Å². The van der Waals surface area contributed by atoms with Gasteiger partial charge in [0, 0.05) is 40.3 Å². The predicted octanol–water partition coefficient (Wildman–Crippen LogP) is 4.43. The zero-order chi connectivity index (χ0) is 19.5. The summed E-state index contributed by atoms with van der Waals surface area (Å²) in [7, 11) is 0. The number of fused-ring (bicyclic) bond motifs is 3. The summed E-state index contributed by atoms with van der Waals surface area (Å²) in [5.41, 5.74) is 6.26. The molecule has 0 radical (unpaired) electrons. The van der Waals surface area contributed by atoms with Gasteiger partial charge >= 0.3 is 0 Å². The van der Waals surface area contributed by atoms with Gasteiger partial charge in [0.2, 0.25) is 5.91 Å². The number of phenols is 1. The molecule has 0 aliphatic rings. The molecule has 0 spiro atoms. The zero-order valence-corrected chi connectivity index (χ0v) is 15.6. The monoisotopic (exact) mass is 371 g/mol. The zero-order valence-electron chi connectivity index (χ0n) is 15.6. The summed E-state index contributed by atoms with van der Waals surface area (Å²) in [6.45, 7) is 2.36. The van der Waals surface area contributed by atoms with Gasteiger partial charge in [-0.3, -0.25) is 4.79 Å². The number of rotatable bonds is 5. The molecule has 140 valence electrons. The van der Waals surface area contributed by atoms with E-state index in [-0.39, 0.29) is 11.7 Å². The van der Waals surface area contributed by atoms with E-state index >= 15 is 0 Å². The number of aryl methyl sites for hydroxylation is 1. The van der Waals surface area contributed by atoms with Crippen LogP contribution in [0.1, 0.15) is 18.9 Å². The van der Waals surface area contributed by atoms with E-state index in [4.69, 9.17) is 0 Å². The first-order chi connectivity index (χ1) is 13.6. The highest BCUT2D eigenvalue weighted by atomic mass is 16.3. The lowest BCUT2D eigenvalue weighted by Crippen LogP contribution is -2.20. The van der Waals surface area contributed by atoms with Crippen molar-refractivity contribution in [2.75, 3.05) is 0 Å². The predicted molar refractivity (Wildman–Crippen MR) is 113 cm³/mol. The van der Waals surface area contributed by atoms with E-state index in [0.717, 1.165) is 16.6 Å². The molecule has 1 heterocycles. The van der Waals surface area contributed by atoms with Crippen molar-refractivity contribution in [2.24, 2.45) is 5.10 Å². The standard InChI is InChI=1S/C23H21N3O2/c1-16(17-7-6-8-18(27)15-17)24-25-23(28)13-14-26-21-11-4-2-9-19(21)20-10-3-5-12-22(20)26/h2-12,15,27H,13-14H2,1H3,(H,25,28)/b24-16+. The Labute approximate surface area is 162 Å². The van der Waals surface area contributed by atoms with E-state index in [9.17, 15) is 9.90 Å². The third-order valence-electron chi connectivity index (χ3n) is 4.85. The van der Waals surface area contributed by atoms with Crippen LogP contribution < -0.4 is 5.43 Å². The van der Waals surface area contributed by atoms with Crippen molar-refractivity contribution >= 4 is 33.4 Å². The van der Waals surface area contributed by atoms with Gasteiger partial charge in [0.15, 0.2) is 0 Å². The number of benzene rings is 3. The summed E-state index contributed by atoms with van der Waals surface area (Å²) < 4.78 is 2.18. The van der Waals surface area contributed by atoms with Crippen LogP contribution in [0, 0.1) is 0 Å². The van der Waals surface area contributed by atoms with E-state index in [1.54, 1.807) is 25.1 Å². The summed E-state index contributed by atoms with van der Waals surface area (Å²) in [5.74, 6) is 0.0195.